The molecule has 0 saturated carbocycles. The molecule has 172 valence electrons. The quantitative estimate of drug-likeness (QED) is 0.483. The Hall–Kier alpha value is -3.95. The summed E-state index contributed by atoms with van der Waals surface area (Å²) in [6, 6.07) is 10.6. The molecule has 3 amide bonds. The van der Waals surface area contributed by atoms with Gasteiger partial charge in [0.15, 0.2) is 0 Å². The Morgan fingerprint density at radius 3 is 2.39 bits per heavy atom. The number of hydrogen-bond donors (Lipinski definition) is 3. The monoisotopic (exact) mass is 449 g/mol. The normalized spacial score (nSPS) is 20.4. The molecule has 0 aliphatic carbocycles. The Morgan fingerprint density at radius 2 is 1.67 bits per heavy atom. The number of anilines is 5. The lowest BCUT2D eigenvalue weighted by Gasteiger charge is -2.26. The summed E-state index contributed by atoms with van der Waals surface area (Å²) in [5.74, 6) is -0.293. The third kappa shape index (κ3) is 4.64. The van der Waals surface area contributed by atoms with Crippen LogP contribution in [0.4, 0.5) is 34.1 Å². The summed E-state index contributed by atoms with van der Waals surface area (Å²) in [4.78, 5) is 40.0. The van der Waals surface area contributed by atoms with Gasteiger partial charge in [-0.25, -0.2) is 0 Å². The van der Waals surface area contributed by atoms with E-state index in [1.807, 2.05) is 37.9 Å². The lowest BCUT2D eigenvalue weighted by Crippen LogP contribution is -2.37. The van der Waals surface area contributed by atoms with Crippen molar-refractivity contribution >= 4 is 51.8 Å². The molecule has 2 aliphatic heterocycles. The van der Waals surface area contributed by atoms with Crippen LogP contribution in [-0.4, -0.2) is 36.9 Å². The Bertz CT molecular complexity index is 1150. The first-order valence-corrected chi connectivity index (χ1v) is 10.8. The van der Waals surface area contributed by atoms with Gasteiger partial charge in [0.25, 0.3) is 0 Å². The van der Waals surface area contributed by atoms with Crippen LogP contribution in [0.1, 0.15) is 33.6 Å². The molecule has 0 saturated heterocycles. The summed E-state index contributed by atoms with van der Waals surface area (Å²) in [7, 11) is 1.94. The predicted octanol–water partition coefficient (Wildman–Crippen LogP) is 4.05. The van der Waals surface area contributed by atoms with E-state index in [0.717, 1.165) is 11.4 Å². The number of hydrogen-bond acceptors (Lipinski definition) is 6. The Labute approximate surface area is 192 Å². The molecule has 10 nitrogen and oxygen atoms in total. The number of carbonyl (C=O) groups is 3. The summed E-state index contributed by atoms with van der Waals surface area (Å²) in [6.45, 7) is 5.33. The molecular formula is C23H27N7O3. The Kier molecular flexibility index (Phi) is 5.99. The molecule has 0 spiro atoms. The number of rotatable bonds is 3. The number of carbonyl (C=O) groups excluding carboxylic acids is 3. The van der Waals surface area contributed by atoms with Crippen molar-refractivity contribution in [3.8, 4) is 0 Å². The van der Waals surface area contributed by atoms with Gasteiger partial charge >= 0.3 is 0 Å². The van der Waals surface area contributed by atoms with Crippen LogP contribution < -0.4 is 25.9 Å². The molecule has 2 aromatic rings. The van der Waals surface area contributed by atoms with Gasteiger partial charge in [0.1, 0.15) is 0 Å². The highest BCUT2D eigenvalue weighted by Crippen LogP contribution is 2.35. The summed E-state index contributed by atoms with van der Waals surface area (Å²) in [5.41, 5.74) is 6.91. The molecule has 3 N–H and O–H groups in total. The highest BCUT2D eigenvalue weighted by molar-refractivity contribution is 6.04. The number of amides is 3. The van der Waals surface area contributed by atoms with Crippen LogP contribution in [0, 0.1) is 0 Å². The number of nitrogens with one attached hydrogen (secondary N) is 3. The fourth-order valence-electron chi connectivity index (χ4n) is 4.16. The summed E-state index contributed by atoms with van der Waals surface area (Å²) in [6.07, 6.45) is 0.640. The average Bonchev–Trinajstić information content (AvgIpc) is 2.94. The van der Waals surface area contributed by atoms with Crippen LogP contribution in [0.3, 0.4) is 0 Å². The second-order valence-corrected chi connectivity index (χ2v) is 8.45. The third-order valence-corrected chi connectivity index (χ3v) is 5.91. The van der Waals surface area contributed by atoms with Gasteiger partial charge in [0.2, 0.25) is 17.7 Å². The number of nitrogens with zero attached hydrogens (tertiary/aromatic N) is 4. The van der Waals surface area contributed by atoms with Crippen molar-refractivity contribution < 1.29 is 14.4 Å². The zero-order valence-corrected chi connectivity index (χ0v) is 19.0. The lowest BCUT2D eigenvalue weighted by atomic mass is 10.1. The maximum Gasteiger partial charge on any atom is 0.226 e. The van der Waals surface area contributed by atoms with Gasteiger partial charge in [-0.2, -0.15) is 0 Å². The van der Waals surface area contributed by atoms with E-state index in [0.29, 0.717) is 29.2 Å². The van der Waals surface area contributed by atoms with Crippen LogP contribution in [0.2, 0.25) is 0 Å². The van der Waals surface area contributed by atoms with Gasteiger partial charge in [-0.05, 0) is 50.2 Å². The minimum absolute atomic E-state index is 0.0165. The summed E-state index contributed by atoms with van der Waals surface area (Å²) < 4.78 is 0. The van der Waals surface area contributed by atoms with Gasteiger partial charge < -0.3 is 20.4 Å². The topological polar surface area (TPSA) is 118 Å². The van der Waals surface area contributed by atoms with Crippen molar-refractivity contribution in [2.45, 2.75) is 45.7 Å². The molecule has 2 aromatic carbocycles. The predicted molar refractivity (Wildman–Crippen MR) is 128 cm³/mol. The van der Waals surface area contributed by atoms with E-state index in [4.69, 9.17) is 0 Å². The fourth-order valence-corrected chi connectivity index (χ4v) is 4.16. The molecule has 0 aromatic heterocycles. The number of benzene rings is 2. The van der Waals surface area contributed by atoms with Gasteiger partial charge in [-0.3, -0.25) is 19.8 Å². The Morgan fingerprint density at radius 1 is 0.970 bits per heavy atom. The average molecular weight is 450 g/mol. The van der Waals surface area contributed by atoms with E-state index in [1.54, 1.807) is 29.2 Å². The van der Waals surface area contributed by atoms with Gasteiger partial charge in [0, 0.05) is 38.9 Å². The smallest absolute Gasteiger partial charge is 0.226 e. The van der Waals surface area contributed by atoms with Crippen molar-refractivity contribution in [3.05, 3.63) is 36.4 Å². The molecule has 33 heavy (non-hydrogen) atoms. The molecule has 10 heteroatoms. The lowest BCUT2D eigenvalue weighted by molar-refractivity contribution is -0.118. The minimum atomic E-state index is -0.235. The first-order chi connectivity index (χ1) is 15.7. The molecule has 0 fully saturated rings. The van der Waals surface area contributed by atoms with Crippen molar-refractivity contribution in [1.29, 1.82) is 0 Å². The largest absolute Gasteiger partial charge is 0.370 e. The van der Waals surface area contributed by atoms with Crippen LogP contribution in [0.5, 0.6) is 0 Å². The van der Waals surface area contributed by atoms with E-state index in [2.05, 4.69) is 26.4 Å². The third-order valence-electron chi connectivity index (χ3n) is 5.91. The molecule has 2 heterocycles. The van der Waals surface area contributed by atoms with E-state index in [1.165, 1.54) is 6.92 Å². The zero-order chi connectivity index (χ0) is 23.7. The first-order valence-electron chi connectivity index (χ1n) is 10.8. The standard InChI is InChI=1S/C23H27N7O3/c1-13-9-22(32)24-18-7-5-17(12-21(18)29(13)4)27-28-26-16-6-8-20-19(11-16)25-23(33)10-14(2)30(20)15(3)31/h5-8,11-14H,9-10H2,1-4H3,(H,24,32)(H,25,33)(H,26,27)/t13-,14-/m0/s1. The molecule has 0 unspecified atom stereocenters. The van der Waals surface area contributed by atoms with Crippen LogP contribution in [-0.2, 0) is 14.4 Å². The molecule has 2 atom stereocenters. The van der Waals surface area contributed by atoms with Gasteiger partial charge in [-0.1, -0.05) is 5.22 Å². The van der Waals surface area contributed by atoms with Crippen LogP contribution in [0.15, 0.2) is 46.7 Å². The number of fused-ring (bicyclic) bond motifs is 2. The molecule has 0 bridgehead atoms. The SMILES string of the molecule is CC(=O)N1c2ccc(NN=Nc3ccc4c(c3)N(C)[C@@H](C)CC(=O)N4)cc2NC(=O)C[C@@H]1C. The van der Waals surface area contributed by atoms with Crippen LogP contribution >= 0.6 is 0 Å². The maximum absolute atomic E-state index is 12.2. The molecular weight excluding hydrogens is 422 g/mol. The second-order valence-electron chi connectivity index (χ2n) is 8.45. The van der Waals surface area contributed by atoms with Crippen LogP contribution in [0.25, 0.3) is 0 Å². The maximum atomic E-state index is 12.2. The van der Waals surface area contributed by atoms with Crippen molar-refractivity contribution in [2.24, 2.45) is 10.3 Å². The first kappa shape index (κ1) is 22.3. The minimum Gasteiger partial charge on any atom is -0.370 e. The Balaban J connectivity index is 1.54. The van der Waals surface area contributed by atoms with E-state index < -0.39 is 0 Å². The fraction of sp³-hybridized carbons (Fsp3) is 0.348. The van der Waals surface area contributed by atoms with Gasteiger partial charge in [0.05, 0.1) is 34.1 Å². The highest BCUT2D eigenvalue weighted by atomic mass is 16.2. The molecule has 4 rings (SSSR count). The summed E-state index contributed by atoms with van der Waals surface area (Å²) in [5, 5.41) is 14.1. The van der Waals surface area contributed by atoms with E-state index in [-0.39, 0.29) is 36.2 Å². The van der Waals surface area contributed by atoms with Crippen molar-refractivity contribution in [1.82, 2.24) is 0 Å². The van der Waals surface area contributed by atoms with Crippen molar-refractivity contribution in [2.75, 3.05) is 32.9 Å². The van der Waals surface area contributed by atoms with E-state index >= 15 is 0 Å². The van der Waals surface area contributed by atoms with Crippen molar-refractivity contribution in [3.63, 3.8) is 0 Å². The molecule has 0 radical (unpaired) electrons. The molecule has 2 aliphatic rings. The summed E-state index contributed by atoms with van der Waals surface area (Å²) >= 11 is 0. The second kappa shape index (κ2) is 8.89. The van der Waals surface area contributed by atoms with Gasteiger partial charge in [-0.15, -0.1) is 5.11 Å². The zero-order valence-electron chi connectivity index (χ0n) is 19.0. The highest BCUT2D eigenvalue weighted by Gasteiger charge is 2.28. The van der Waals surface area contributed by atoms with E-state index in [9.17, 15) is 14.4 Å².